The summed E-state index contributed by atoms with van der Waals surface area (Å²) in [6, 6.07) is 7.33. The lowest BCUT2D eigenvalue weighted by atomic mass is 10.2. The van der Waals surface area contributed by atoms with Crippen molar-refractivity contribution in [3.05, 3.63) is 47.6 Å². The van der Waals surface area contributed by atoms with Gasteiger partial charge in [0.2, 0.25) is 5.91 Å². The predicted molar refractivity (Wildman–Crippen MR) is 61.0 cm³/mol. The molecule has 0 bridgehead atoms. The normalized spacial score (nSPS) is 10.2. The third-order valence-corrected chi connectivity index (χ3v) is 2.21. The lowest BCUT2D eigenvalue weighted by Crippen LogP contribution is -2.25. The van der Waals surface area contributed by atoms with E-state index in [0.29, 0.717) is 18.0 Å². The van der Waals surface area contributed by atoms with Gasteiger partial charge in [-0.05, 0) is 19.1 Å². The number of aryl methyl sites for hydroxylation is 1. The molecule has 0 saturated heterocycles. The molecule has 0 saturated carbocycles. The maximum absolute atomic E-state index is 11.6. The Labute approximate surface area is 98.8 Å². The molecule has 88 valence electrons. The minimum atomic E-state index is -0.0936. The number of carbonyl (C=O) groups is 1. The number of carbonyl (C=O) groups excluding carboxylic acids is 1. The van der Waals surface area contributed by atoms with Gasteiger partial charge in [-0.3, -0.25) is 9.78 Å². The molecule has 0 spiro atoms. The molecule has 1 amide bonds. The highest BCUT2D eigenvalue weighted by Gasteiger charge is 2.07. The van der Waals surface area contributed by atoms with Crippen molar-refractivity contribution in [1.82, 2.24) is 15.5 Å². The first-order valence-corrected chi connectivity index (χ1v) is 5.33. The van der Waals surface area contributed by atoms with Crippen LogP contribution in [0.3, 0.4) is 0 Å². The molecule has 2 aromatic rings. The SMILES string of the molecule is Cc1cc(CC(=O)NCc2ccccn2)no1. The van der Waals surface area contributed by atoms with E-state index >= 15 is 0 Å². The van der Waals surface area contributed by atoms with Crippen molar-refractivity contribution in [3.63, 3.8) is 0 Å². The number of amides is 1. The van der Waals surface area contributed by atoms with Gasteiger partial charge < -0.3 is 9.84 Å². The number of aromatic nitrogens is 2. The maximum Gasteiger partial charge on any atom is 0.226 e. The summed E-state index contributed by atoms with van der Waals surface area (Å²) in [5.74, 6) is 0.612. The highest BCUT2D eigenvalue weighted by Crippen LogP contribution is 2.02. The van der Waals surface area contributed by atoms with Crippen molar-refractivity contribution in [2.75, 3.05) is 0 Å². The molecule has 2 aromatic heterocycles. The van der Waals surface area contributed by atoms with Crippen LogP contribution in [0, 0.1) is 6.92 Å². The van der Waals surface area contributed by atoms with Gasteiger partial charge in [0.15, 0.2) is 0 Å². The van der Waals surface area contributed by atoms with Crippen molar-refractivity contribution < 1.29 is 9.32 Å². The van der Waals surface area contributed by atoms with E-state index in [4.69, 9.17) is 4.52 Å². The summed E-state index contributed by atoms with van der Waals surface area (Å²) in [6.07, 6.45) is 1.92. The summed E-state index contributed by atoms with van der Waals surface area (Å²) >= 11 is 0. The van der Waals surface area contributed by atoms with Crippen molar-refractivity contribution in [2.45, 2.75) is 19.9 Å². The average Bonchev–Trinajstić information content (AvgIpc) is 2.73. The first kappa shape index (κ1) is 11.3. The number of hydrogen-bond donors (Lipinski definition) is 1. The third-order valence-electron chi connectivity index (χ3n) is 2.21. The maximum atomic E-state index is 11.6. The van der Waals surface area contributed by atoms with Crippen LogP contribution in [0.15, 0.2) is 35.0 Å². The Morgan fingerprint density at radius 1 is 1.41 bits per heavy atom. The van der Waals surface area contributed by atoms with Crippen LogP contribution in [0.1, 0.15) is 17.1 Å². The molecule has 1 N–H and O–H groups in total. The van der Waals surface area contributed by atoms with Crippen LogP contribution < -0.4 is 5.32 Å². The fraction of sp³-hybridized carbons (Fsp3) is 0.250. The molecule has 5 heteroatoms. The Balaban J connectivity index is 1.82. The number of hydrogen-bond acceptors (Lipinski definition) is 4. The number of nitrogens with zero attached hydrogens (tertiary/aromatic N) is 2. The Bertz CT molecular complexity index is 493. The van der Waals surface area contributed by atoms with Gasteiger partial charge in [-0.1, -0.05) is 11.2 Å². The second kappa shape index (κ2) is 5.25. The Morgan fingerprint density at radius 2 is 2.29 bits per heavy atom. The second-order valence-corrected chi connectivity index (χ2v) is 3.70. The largest absolute Gasteiger partial charge is 0.361 e. The Hall–Kier alpha value is -2.17. The number of pyridine rings is 1. The molecule has 17 heavy (non-hydrogen) atoms. The topological polar surface area (TPSA) is 68.0 Å². The average molecular weight is 231 g/mol. The van der Waals surface area contributed by atoms with Gasteiger partial charge in [0.1, 0.15) is 5.76 Å². The van der Waals surface area contributed by atoms with Gasteiger partial charge in [0.05, 0.1) is 24.4 Å². The van der Waals surface area contributed by atoms with Crippen molar-refractivity contribution in [1.29, 1.82) is 0 Å². The summed E-state index contributed by atoms with van der Waals surface area (Å²) < 4.78 is 4.89. The summed E-state index contributed by atoms with van der Waals surface area (Å²) in [5.41, 5.74) is 1.47. The van der Waals surface area contributed by atoms with E-state index in [9.17, 15) is 4.79 Å². The fourth-order valence-corrected chi connectivity index (χ4v) is 1.42. The van der Waals surface area contributed by atoms with E-state index in [2.05, 4.69) is 15.5 Å². The van der Waals surface area contributed by atoms with E-state index in [1.54, 1.807) is 19.2 Å². The lowest BCUT2D eigenvalue weighted by molar-refractivity contribution is -0.120. The molecule has 0 aromatic carbocycles. The molecule has 0 aliphatic rings. The van der Waals surface area contributed by atoms with Crippen LogP contribution in [0.4, 0.5) is 0 Å². The van der Waals surface area contributed by atoms with Crippen molar-refractivity contribution in [3.8, 4) is 0 Å². The molecule has 0 aliphatic heterocycles. The van der Waals surface area contributed by atoms with E-state index < -0.39 is 0 Å². The van der Waals surface area contributed by atoms with Gasteiger partial charge >= 0.3 is 0 Å². The highest BCUT2D eigenvalue weighted by atomic mass is 16.5. The van der Waals surface area contributed by atoms with Crippen LogP contribution in [-0.2, 0) is 17.8 Å². The molecular weight excluding hydrogens is 218 g/mol. The number of rotatable bonds is 4. The Kier molecular flexibility index (Phi) is 3.49. The molecule has 0 radical (unpaired) electrons. The van der Waals surface area contributed by atoms with Gasteiger partial charge in [-0.2, -0.15) is 0 Å². The predicted octanol–water partition coefficient (Wildman–Crippen LogP) is 1.24. The molecule has 2 rings (SSSR count). The van der Waals surface area contributed by atoms with Gasteiger partial charge in [0.25, 0.3) is 0 Å². The van der Waals surface area contributed by atoms with Gasteiger partial charge in [-0.15, -0.1) is 0 Å². The van der Waals surface area contributed by atoms with Gasteiger partial charge in [0, 0.05) is 12.3 Å². The molecule has 0 atom stereocenters. The molecule has 0 fully saturated rings. The summed E-state index contributed by atoms with van der Waals surface area (Å²) in [7, 11) is 0. The summed E-state index contributed by atoms with van der Waals surface area (Å²) in [6.45, 7) is 2.22. The number of nitrogens with one attached hydrogen (secondary N) is 1. The van der Waals surface area contributed by atoms with Crippen molar-refractivity contribution in [2.24, 2.45) is 0 Å². The minimum absolute atomic E-state index is 0.0936. The first-order chi connectivity index (χ1) is 8.24. The lowest BCUT2D eigenvalue weighted by Gasteiger charge is -2.02. The molecule has 0 unspecified atom stereocenters. The van der Waals surface area contributed by atoms with E-state index in [0.717, 1.165) is 5.69 Å². The van der Waals surface area contributed by atoms with Crippen LogP contribution in [0.2, 0.25) is 0 Å². The zero-order valence-corrected chi connectivity index (χ0v) is 9.51. The monoisotopic (exact) mass is 231 g/mol. The molecule has 5 nitrogen and oxygen atoms in total. The van der Waals surface area contributed by atoms with Crippen LogP contribution in [-0.4, -0.2) is 16.0 Å². The Morgan fingerprint density at radius 3 is 2.94 bits per heavy atom. The quantitative estimate of drug-likeness (QED) is 0.859. The van der Waals surface area contributed by atoms with Crippen LogP contribution >= 0.6 is 0 Å². The van der Waals surface area contributed by atoms with E-state index in [1.165, 1.54) is 0 Å². The highest BCUT2D eigenvalue weighted by molar-refractivity contribution is 5.77. The molecular formula is C12H13N3O2. The second-order valence-electron chi connectivity index (χ2n) is 3.70. The van der Waals surface area contributed by atoms with Crippen molar-refractivity contribution >= 4 is 5.91 Å². The summed E-state index contributed by atoms with van der Waals surface area (Å²) in [5, 5.41) is 6.53. The van der Waals surface area contributed by atoms with Gasteiger partial charge in [-0.25, -0.2) is 0 Å². The standard InChI is InChI=1S/C12H13N3O2/c1-9-6-11(15-17-9)7-12(16)14-8-10-4-2-3-5-13-10/h2-6H,7-8H2,1H3,(H,14,16). The van der Waals surface area contributed by atoms with Crippen LogP contribution in [0.5, 0.6) is 0 Å². The fourth-order valence-electron chi connectivity index (χ4n) is 1.42. The minimum Gasteiger partial charge on any atom is -0.361 e. The third kappa shape index (κ3) is 3.41. The van der Waals surface area contributed by atoms with E-state index in [1.807, 2.05) is 18.2 Å². The van der Waals surface area contributed by atoms with Crippen LogP contribution in [0.25, 0.3) is 0 Å². The first-order valence-electron chi connectivity index (χ1n) is 5.33. The zero-order valence-electron chi connectivity index (χ0n) is 9.51. The van der Waals surface area contributed by atoms with E-state index in [-0.39, 0.29) is 12.3 Å². The smallest absolute Gasteiger partial charge is 0.226 e. The molecule has 0 aliphatic carbocycles. The zero-order chi connectivity index (χ0) is 12.1. The summed E-state index contributed by atoms with van der Waals surface area (Å²) in [4.78, 5) is 15.7. The molecule has 2 heterocycles.